The molecule has 4 rings (SSSR count). The molecule has 3 unspecified atom stereocenters. The highest BCUT2D eigenvalue weighted by molar-refractivity contribution is 7.89. The Bertz CT molecular complexity index is 1010. The van der Waals surface area contributed by atoms with Gasteiger partial charge in [-0.05, 0) is 78.9 Å². The van der Waals surface area contributed by atoms with Gasteiger partial charge < -0.3 is 5.32 Å². The predicted octanol–water partition coefficient (Wildman–Crippen LogP) is 3.66. The average Bonchev–Trinajstić information content (AvgIpc) is 3.24. The van der Waals surface area contributed by atoms with E-state index in [1.807, 2.05) is 0 Å². The molecule has 1 saturated heterocycles. The molecule has 2 aromatic rings. The van der Waals surface area contributed by atoms with Gasteiger partial charge >= 0.3 is 6.18 Å². The van der Waals surface area contributed by atoms with Crippen molar-refractivity contribution in [2.24, 2.45) is 17.0 Å². The maximum Gasteiger partial charge on any atom is 0.416 e. The molecule has 2 aliphatic rings. The Morgan fingerprint density at radius 2 is 1.76 bits per heavy atom. The minimum absolute atomic E-state index is 0.00961. The van der Waals surface area contributed by atoms with Gasteiger partial charge in [0, 0.05) is 0 Å². The summed E-state index contributed by atoms with van der Waals surface area (Å²) in [6, 6.07) is 10.7. The van der Waals surface area contributed by atoms with Crippen molar-refractivity contribution in [3.63, 3.8) is 0 Å². The molecule has 0 aromatic heterocycles. The second-order valence-electron chi connectivity index (χ2n) is 7.97. The van der Waals surface area contributed by atoms with Crippen LogP contribution in [0.25, 0.3) is 0 Å². The number of nitrogens with two attached hydrogens (primary N) is 1. The number of hydrogen-bond donors (Lipinski definition) is 2. The molecular weight excluding hydrogens is 401 g/mol. The zero-order valence-electron chi connectivity index (χ0n) is 15.7. The predicted molar refractivity (Wildman–Crippen MR) is 104 cm³/mol. The first-order chi connectivity index (χ1) is 13.7. The monoisotopic (exact) mass is 424 g/mol. The average molecular weight is 424 g/mol. The van der Waals surface area contributed by atoms with E-state index in [2.05, 4.69) is 5.32 Å². The molecule has 0 spiro atoms. The Morgan fingerprint density at radius 3 is 2.41 bits per heavy atom. The van der Waals surface area contributed by atoms with Gasteiger partial charge in [-0.3, -0.25) is 0 Å². The summed E-state index contributed by atoms with van der Waals surface area (Å²) in [5, 5.41) is 8.75. The Hall–Kier alpha value is -1.90. The van der Waals surface area contributed by atoms with E-state index in [9.17, 15) is 21.6 Å². The van der Waals surface area contributed by atoms with Crippen LogP contribution in [0.2, 0.25) is 0 Å². The van der Waals surface area contributed by atoms with Crippen LogP contribution in [0, 0.1) is 11.8 Å². The summed E-state index contributed by atoms with van der Waals surface area (Å²) in [4.78, 5) is -0.172. The quantitative estimate of drug-likeness (QED) is 0.787. The summed E-state index contributed by atoms with van der Waals surface area (Å²) < 4.78 is 66.5. The highest BCUT2D eigenvalue weighted by Gasteiger charge is 2.44. The second kappa shape index (κ2) is 7.41. The molecule has 0 radical (unpaired) electrons. The van der Waals surface area contributed by atoms with Gasteiger partial charge in [0.15, 0.2) is 0 Å². The second-order valence-corrected chi connectivity index (χ2v) is 9.50. The summed E-state index contributed by atoms with van der Waals surface area (Å²) in [5.74, 6) is 0.213. The molecule has 0 bridgehead atoms. The molecule has 1 aliphatic heterocycles. The van der Waals surface area contributed by atoms with E-state index in [0.29, 0.717) is 24.4 Å². The third-order valence-corrected chi connectivity index (χ3v) is 7.25. The summed E-state index contributed by atoms with van der Waals surface area (Å²) in [6.07, 6.45) is -3.03. The molecule has 1 saturated carbocycles. The third kappa shape index (κ3) is 3.93. The van der Waals surface area contributed by atoms with Gasteiger partial charge in [0.05, 0.1) is 10.5 Å². The van der Waals surface area contributed by atoms with Crippen LogP contribution < -0.4 is 10.5 Å². The van der Waals surface area contributed by atoms with Crippen LogP contribution in [0.4, 0.5) is 13.2 Å². The Labute approximate surface area is 168 Å². The summed E-state index contributed by atoms with van der Waals surface area (Å²) >= 11 is 0. The van der Waals surface area contributed by atoms with Crippen LogP contribution in [0.1, 0.15) is 41.0 Å². The highest BCUT2D eigenvalue weighted by atomic mass is 32.2. The number of halogens is 3. The standard InChI is InChI=1S/C21H23F3N2O2S/c22-21(23,24)18-8-9-19(29(25,27)28)20(15-7-6-14-11-26-12-17(14)15)16(18)10-13-4-2-1-3-5-13/h1-5,8-9,14-15,17,26H,6-7,10-12H2,(H2,25,27,28). The SMILES string of the molecule is NS(=O)(=O)c1ccc(C(F)(F)F)c(Cc2ccccc2)c1C1CCC2CNCC21. The van der Waals surface area contributed by atoms with Crippen LogP contribution in [0.15, 0.2) is 47.4 Å². The number of rotatable bonds is 4. The Morgan fingerprint density at radius 1 is 1.03 bits per heavy atom. The van der Waals surface area contributed by atoms with E-state index in [1.54, 1.807) is 30.3 Å². The van der Waals surface area contributed by atoms with Gasteiger partial charge in [-0.25, -0.2) is 13.6 Å². The van der Waals surface area contributed by atoms with Gasteiger partial charge in [-0.1, -0.05) is 30.3 Å². The number of hydrogen-bond acceptors (Lipinski definition) is 3. The van der Waals surface area contributed by atoms with Crippen molar-refractivity contribution in [3.8, 4) is 0 Å². The van der Waals surface area contributed by atoms with E-state index in [1.165, 1.54) is 0 Å². The van der Waals surface area contributed by atoms with Crippen molar-refractivity contribution in [2.45, 2.75) is 36.3 Å². The fourth-order valence-corrected chi connectivity index (χ4v) is 5.90. The first-order valence-corrected chi connectivity index (χ1v) is 11.2. The van der Waals surface area contributed by atoms with E-state index in [0.717, 1.165) is 25.1 Å². The van der Waals surface area contributed by atoms with Crippen molar-refractivity contribution in [1.29, 1.82) is 0 Å². The molecule has 1 heterocycles. The van der Waals surface area contributed by atoms with Crippen LogP contribution in [-0.2, 0) is 22.6 Å². The van der Waals surface area contributed by atoms with Gasteiger partial charge in [0.1, 0.15) is 0 Å². The molecule has 0 amide bonds. The number of nitrogens with one attached hydrogen (secondary N) is 1. The molecule has 2 aromatic carbocycles. The fraction of sp³-hybridized carbons (Fsp3) is 0.429. The van der Waals surface area contributed by atoms with Gasteiger partial charge in [0.25, 0.3) is 0 Å². The number of fused-ring (bicyclic) bond motifs is 1. The topological polar surface area (TPSA) is 72.2 Å². The molecule has 4 nitrogen and oxygen atoms in total. The van der Waals surface area contributed by atoms with E-state index >= 15 is 0 Å². The summed E-state index contributed by atoms with van der Waals surface area (Å²) in [6.45, 7) is 1.50. The maximum absolute atomic E-state index is 13.9. The van der Waals surface area contributed by atoms with E-state index < -0.39 is 21.8 Å². The van der Waals surface area contributed by atoms with E-state index in [4.69, 9.17) is 5.14 Å². The molecule has 3 N–H and O–H groups in total. The Balaban J connectivity index is 1.96. The minimum Gasteiger partial charge on any atom is -0.316 e. The summed E-state index contributed by atoms with van der Waals surface area (Å²) in [5.41, 5.74) is 0.221. The zero-order chi connectivity index (χ0) is 20.8. The molecule has 3 atom stereocenters. The lowest BCUT2D eigenvalue weighted by molar-refractivity contribution is -0.138. The zero-order valence-corrected chi connectivity index (χ0v) is 16.6. The van der Waals surface area contributed by atoms with Gasteiger partial charge in [-0.2, -0.15) is 13.2 Å². The van der Waals surface area contributed by atoms with Crippen molar-refractivity contribution < 1.29 is 21.6 Å². The molecule has 29 heavy (non-hydrogen) atoms. The normalized spacial score (nSPS) is 24.6. The smallest absolute Gasteiger partial charge is 0.316 e. The lowest BCUT2D eigenvalue weighted by atomic mass is 9.81. The molecule has 8 heteroatoms. The van der Waals surface area contributed by atoms with Crippen LogP contribution >= 0.6 is 0 Å². The van der Waals surface area contributed by atoms with Crippen molar-refractivity contribution >= 4 is 10.0 Å². The van der Waals surface area contributed by atoms with Gasteiger partial charge in [-0.15, -0.1) is 0 Å². The van der Waals surface area contributed by atoms with Crippen LogP contribution in [-0.4, -0.2) is 21.5 Å². The van der Waals surface area contributed by atoms with Crippen LogP contribution in [0.3, 0.4) is 0 Å². The summed E-state index contributed by atoms with van der Waals surface area (Å²) in [7, 11) is -4.16. The molecule has 156 valence electrons. The molecular formula is C21H23F3N2O2S. The number of sulfonamides is 1. The van der Waals surface area contributed by atoms with Crippen molar-refractivity contribution in [2.75, 3.05) is 13.1 Å². The third-order valence-electron chi connectivity index (χ3n) is 6.28. The van der Waals surface area contributed by atoms with Gasteiger partial charge in [0.2, 0.25) is 10.0 Å². The number of primary sulfonamides is 1. The van der Waals surface area contributed by atoms with Crippen molar-refractivity contribution in [3.05, 3.63) is 64.7 Å². The Kier molecular flexibility index (Phi) is 5.21. The molecule has 1 aliphatic carbocycles. The van der Waals surface area contributed by atoms with Crippen molar-refractivity contribution in [1.82, 2.24) is 5.32 Å². The first-order valence-electron chi connectivity index (χ1n) is 9.66. The molecule has 2 fully saturated rings. The van der Waals surface area contributed by atoms with E-state index in [-0.39, 0.29) is 34.3 Å². The largest absolute Gasteiger partial charge is 0.416 e. The number of benzene rings is 2. The lowest BCUT2D eigenvalue weighted by Crippen LogP contribution is -2.24. The highest BCUT2D eigenvalue weighted by Crippen LogP contribution is 2.49. The fourth-order valence-electron chi connectivity index (χ4n) is 5.06. The maximum atomic E-state index is 13.9. The first kappa shape index (κ1) is 20.4. The minimum atomic E-state index is -4.58. The lowest BCUT2D eigenvalue weighted by Gasteiger charge is -2.27. The van der Waals surface area contributed by atoms with Crippen LogP contribution in [0.5, 0.6) is 0 Å². The number of alkyl halides is 3.